The van der Waals surface area contributed by atoms with Crippen LogP contribution in [-0.4, -0.2) is 60.9 Å². The Bertz CT molecular complexity index is 1680. The van der Waals surface area contributed by atoms with E-state index in [0.717, 1.165) is 11.1 Å². The molecule has 0 radical (unpaired) electrons. The summed E-state index contributed by atoms with van der Waals surface area (Å²) >= 11 is 1.25. The number of amides is 1. The second kappa shape index (κ2) is 12.9. The molecule has 0 aliphatic carbocycles. The molecule has 0 saturated carbocycles. The molecule has 1 saturated heterocycles. The van der Waals surface area contributed by atoms with Crippen LogP contribution in [0.25, 0.3) is 6.08 Å². The van der Waals surface area contributed by atoms with Crippen molar-refractivity contribution in [1.82, 2.24) is 9.47 Å². The number of esters is 1. The predicted molar refractivity (Wildman–Crippen MR) is 160 cm³/mol. The van der Waals surface area contributed by atoms with Gasteiger partial charge in [0.25, 0.3) is 11.5 Å². The summed E-state index contributed by atoms with van der Waals surface area (Å²) in [5.41, 5.74) is 3.22. The lowest BCUT2D eigenvalue weighted by atomic mass is 9.93. The minimum absolute atomic E-state index is 0.111. The molecule has 2 aliphatic heterocycles. The number of nitrogens with zero attached hydrogens (tertiary/aromatic N) is 3. The zero-order valence-corrected chi connectivity index (χ0v) is 25.1. The fourth-order valence-corrected chi connectivity index (χ4v) is 6.12. The van der Waals surface area contributed by atoms with Gasteiger partial charge in [-0.15, -0.1) is 0 Å². The number of allylic oxidation sites excluding steroid dienone is 1. The van der Waals surface area contributed by atoms with Crippen molar-refractivity contribution in [2.75, 3.05) is 39.5 Å². The molecular formula is C32H35N3O6S. The highest BCUT2D eigenvalue weighted by Gasteiger charge is 2.33. The summed E-state index contributed by atoms with van der Waals surface area (Å²) in [4.78, 5) is 46.7. The predicted octanol–water partition coefficient (Wildman–Crippen LogP) is 3.16. The molecule has 1 atom stereocenters. The highest BCUT2D eigenvalue weighted by Crippen LogP contribution is 2.31. The van der Waals surface area contributed by atoms with Gasteiger partial charge < -0.3 is 19.1 Å². The van der Waals surface area contributed by atoms with Crippen LogP contribution < -0.4 is 19.6 Å². The minimum atomic E-state index is -0.679. The van der Waals surface area contributed by atoms with E-state index in [-0.39, 0.29) is 24.7 Å². The summed E-state index contributed by atoms with van der Waals surface area (Å²) in [6.45, 7) is 9.98. The van der Waals surface area contributed by atoms with Crippen LogP contribution in [0, 0.1) is 0 Å². The van der Waals surface area contributed by atoms with E-state index in [1.165, 1.54) is 11.3 Å². The number of fused-ring (bicyclic) bond motifs is 1. The molecule has 0 N–H and O–H groups in total. The Labute approximate surface area is 248 Å². The number of thiazole rings is 1. The van der Waals surface area contributed by atoms with E-state index < -0.39 is 12.0 Å². The topological polar surface area (TPSA) is 99.4 Å². The third-order valence-corrected chi connectivity index (χ3v) is 8.34. The molecule has 5 rings (SSSR count). The quantitative estimate of drug-likeness (QED) is 0.375. The lowest BCUT2D eigenvalue weighted by Gasteiger charge is -2.26. The molecule has 1 unspecified atom stereocenters. The fourth-order valence-electron chi connectivity index (χ4n) is 5.09. The largest absolute Gasteiger partial charge is 0.483 e. The number of para-hydroxylation sites is 1. The fraction of sp³-hybridized carbons (Fsp3) is 0.375. The van der Waals surface area contributed by atoms with Gasteiger partial charge in [-0.05, 0) is 43.0 Å². The maximum Gasteiger partial charge on any atom is 0.338 e. The summed E-state index contributed by atoms with van der Waals surface area (Å²) < 4.78 is 18.7. The molecule has 1 amide bonds. The van der Waals surface area contributed by atoms with Gasteiger partial charge in [0.05, 0.1) is 41.7 Å². The number of aromatic nitrogens is 1. The van der Waals surface area contributed by atoms with Crippen molar-refractivity contribution < 1.29 is 23.8 Å². The number of carbonyl (C=O) groups is 2. The molecule has 9 nitrogen and oxygen atoms in total. The summed E-state index contributed by atoms with van der Waals surface area (Å²) in [5.74, 6) is 0.232. The molecule has 2 aromatic carbocycles. The first-order valence-corrected chi connectivity index (χ1v) is 15.0. The average molecular weight is 590 g/mol. The van der Waals surface area contributed by atoms with Crippen molar-refractivity contribution in [3.05, 3.63) is 96.2 Å². The van der Waals surface area contributed by atoms with Crippen LogP contribution in [0.5, 0.6) is 5.75 Å². The van der Waals surface area contributed by atoms with Crippen molar-refractivity contribution in [2.45, 2.75) is 39.7 Å². The molecule has 3 aromatic rings. The highest BCUT2D eigenvalue weighted by atomic mass is 32.1. The van der Waals surface area contributed by atoms with Crippen molar-refractivity contribution in [3.8, 4) is 5.75 Å². The first kappa shape index (κ1) is 29.5. The van der Waals surface area contributed by atoms with Gasteiger partial charge in [-0.1, -0.05) is 67.6 Å². The van der Waals surface area contributed by atoms with Crippen LogP contribution in [0.3, 0.4) is 0 Å². The summed E-state index contributed by atoms with van der Waals surface area (Å²) in [6, 6.07) is 14.6. The highest BCUT2D eigenvalue weighted by molar-refractivity contribution is 7.07. The molecule has 0 bridgehead atoms. The number of hydrogen-bond donors (Lipinski definition) is 0. The number of carbonyl (C=O) groups excluding carboxylic acids is 2. The minimum Gasteiger partial charge on any atom is -0.483 e. The lowest BCUT2D eigenvalue weighted by Crippen LogP contribution is -2.43. The molecule has 220 valence electrons. The van der Waals surface area contributed by atoms with Crippen LogP contribution in [0.4, 0.5) is 0 Å². The third kappa shape index (κ3) is 6.10. The van der Waals surface area contributed by atoms with Gasteiger partial charge in [0, 0.05) is 18.7 Å². The molecule has 10 heteroatoms. The normalized spacial score (nSPS) is 17.2. The summed E-state index contributed by atoms with van der Waals surface area (Å²) in [6.07, 6.45) is 1.75. The monoisotopic (exact) mass is 589 g/mol. The van der Waals surface area contributed by atoms with Crippen molar-refractivity contribution in [2.24, 2.45) is 4.99 Å². The molecule has 0 spiro atoms. The van der Waals surface area contributed by atoms with Gasteiger partial charge >= 0.3 is 5.97 Å². The van der Waals surface area contributed by atoms with Crippen molar-refractivity contribution >= 4 is 29.3 Å². The standard InChI is InChI=1S/C32H35N3O6S/c1-5-40-31(38)28-21(4)33-32-35(29(28)23-12-10-22(11-13-23)20(2)3)30(37)26(42-32)18-24-8-6-7-9-25(24)41-19-27(36)34-14-16-39-17-15-34/h6-13,18,20,29H,5,14-17,19H2,1-4H3. The summed E-state index contributed by atoms with van der Waals surface area (Å²) in [7, 11) is 0. The van der Waals surface area contributed by atoms with E-state index in [2.05, 4.69) is 18.8 Å². The van der Waals surface area contributed by atoms with Crippen LogP contribution >= 0.6 is 11.3 Å². The number of morpholine rings is 1. The van der Waals surface area contributed by atoms with Crippen LogP contribution in [0.15, 0.2) is 69.6 Å². The summed E-state index contributed by atoms with van der Waals surface area (Å²) in [5, 5.41) is 0. The van der Waals surface area contributed by atoms with Crippen molar-refractivity contribution in [1.29, 1.82) is 0 Å². The van der Waals surface area contributed by atoms with E-state index >= 15 is 0 Å². The van der Waals surface area contributed by atoms with Gasteiger partial charge in [0.2, 0.25) is 0 Å². The maximum atomic E-state index is 14.0. The van der Waals surface area contributed by atoms with E-state index in [0.29, 0.717) is 64.1 Å². The lowest BCUT2D eigenvalue weighted by molar-refractivity contribution is -0.139. The Hall–Kier alpha value is -4.02. The van der Waals surface area contributed by atoms with Crippen LogP contribution in [-0.2, 0) is 19.1 Å². The molecule has 2 aliphatic rings. The number of ether oxygens (including phenoxy) is 3. The SMILES string of the molecule is CCOC(=O)C1=C(C)N=c2sc(=Cc3ccccc3OCC(=O)N3CCOCC3)c(=O)n2C1c1ccc(C(C)C)cc1. The maximum absolute atomic E-state index is 14.0. The number of hydrogen-bond acceptors (Lipinski definition) is 8. The Morgan fingerprint density at radius 3 is 2.52 bits per heavy atom. The van der Waals surface area contributed by atoms with Gasteiger partial charge in [-0.25, -0.2) is 9.79 Å². The van der Waals surface area contributed by atoms with Gasteiger partial charge in [0.1, 0.15) is 5.75 Å². The molecule has 42 heavy (non-hydrogen) atoms. The second-order valence-corrected chi connectivity index (χ2v) is 11.5. The Morgan fingerprint density at radius 2 is 1.83 bits per heavy atom. The van der Waals surface area contributed by atoms with E-state index in [9.17, 15) is 14.4 Å². The molecular weight excluding hydrogens is 554 g/mol. The van der Waals surface area contributed by atoms with Crippen LogP contribution in [0.2, 0.25) is 0 Å². The van der Waals surface area contributed by atoms with Crippen molar-refractivity contribution in [3.63, 3.8) is 0 Å². The molecule has 1 fully saturated rings. The second-order valence-electron chi connectivity index (χ2n) is 10.4. The van der Waals surface area contributed by atoms with E-state index in [4.69, 9.17) is 14.2 Å². The third-order valence-electron chi connectivity index (χ3n) is 7.36. The van der Waals surface area contributed by atoms with Gasteiger partial charge in [0.15, 0.2) is 11.4 Å². The molecule has 1 aromatic heterocycles. The first-order chi connectivity index (χ1) is 20.3. The van der Waals surface area contributed by atoms with Gasteiger partial charge in [-0.2, -0.15) is 0 Å². The zero-order valence-electron chi connectivity index (χ0n) is 24.3. The Kier molecular flexibility index (Phi) is 9.03. The smallest absolute Gasteiger partial charge is 0.338 e. The Balaban J connectivity index is 1.54. The average Bonchev–Trinajstić information content (AvgIpc) is 3.30. The first-order valence-electron chi connectivity index (χ1n) is 14.1. The molecule has 3 heterocycles. The number of benzene rings is 2. The van der Waals surface area contributed by atoms with E-state index in [1.54, 1.807) is 35.5 Å². The van der Waals surface area contributed by atoms with E-state index in [1.807, 2.05) is 42.5 Å². The van der Waals surface area contributed by atoms with Gasteiger partial charge in [-0.3, -0.25) is 14.2 Å². The number of rotatable bonds is 8. The zero-order chi connectivity index (χ0) is 29.8. The Morgan fingerprint density at radius 1 is 1.12 bits per heavy atom. The van der Waals surface area contributed by atoms with Crippen LogP contribution in [0.1, 0.15) is 56.3 Å².